The monoisotopic (exact) mass is 197 g/mol. The van der Waals surface area contributed by atoms with Crippen molar-refractivity contribution in [2.24, 2.45) is 5.92 Å². The number of H-pyrrole nitrogens is 1. The van der Waals surface area contributed by atoms with E-state index in [4.69, 9.17) is 5.11 Å². The Kier molecular flexibility index (Phi) is 4.10. The van der Waals surface area contributed by atoms with Gasteiger partial charge in [-0.2, -0.15) is 5.10 Å². The Balaban J connectivity index is 2.51. The standard InChI is InChI=1S/C10H19N3O/c1-7(2)10(6-14)12-8(3)9-4-5-11-13-9/h4-5,7-8,10,12,14H,6H2,1-3H3,(H,11,13). The summed E-state index contributed by atoms with van der Waals surface area (Å²) in [5.74, 6) is 0.422. The molecule has 1 heterocycles. The zero-order valence-corrected chi connectivity index (χ0v) is 8.99. The van der Waals surface area contributed by atoms with Gasteiger partial charge in [0, 0.05) is 18.3 Å². The highest BCUT2D eigenvalue weighted by atomic mass is 16.3. The van der Waals surface area contributed by atoms with Gasteiger partial charge in [0.15, 0.2) is 0 Å². The molecule has 0 aliphatic rings. The molecule has 14 heavy (non-hydrogen) atoms. The highest BCUT2D eigenvalue weighted by molar-refractivity contribution is 5.03. The van der Waals surface area contributed by atoms with E-state index in [2.05, 4.69) is 36.3 Å². The lowest BCUT2D eigenvalue weighted by Gasteiger charge is -2.23. The summed E-state index contributed by atoms with van der Waals surface area (Å²) < 4.78 is 0. The van der Waals surface area contributed by atoms with E-state index in [0.29, 0.717) is 5.92 Å². The molecule has 0 bridgehead atoms. The fraction of sp³-hybridized carbons (Fsp3) is 0.700. The van der Waals surface area contributed by atoms with Crippen molar-refractivity contribution in [2.75, 3.05) is 6.61 Å². The summed E-state index contributed by atoms with van der Waals surface area (Å²) in [4.78, 5) is 0. The third-order valence-electron chi connectivity index (χ3n) is 2.45. The first-order valence-corrected chi connectivity index (χ1v) is 5.01. The van der Waals surface area contributed by atoms with Gasteiger partial charge in [0.05, 0.1) is 12.3 Å². The topological polar surface area (TPSA) is 60.9 Å². The number of aliphatic hydroxyl groups excluding tert-OH is 1. The molecule has 2 atom stereocenters. The van der Waals surface area contributed by atoms with Gasteiger partial charge in [0.25, 0.3) is 0 Å². The molecule has 0 saturated carbocycles. The Labute approximate surface area is 84.7 Å². The number of hydrogen-bond acceptors (Lipinski definition) is 3. The molecular formula is C10H19N3O. The number of hydrogen-bond donors (Lipinski definition) is 3. The molecule has 0 aliphatic carbocycles. The summed E-state index contributed by atoms with van der Waals surface area (Å²) in [7, 11) is 0. The maximum atomic E-state index is 9.15. The minimum Gasteiger partial charge on any atom is -0.395 e. The molecule has 4 nitrogen and oxygen atoms in total. The lowest BCUT2D eigenvalue weighted by atomic mass is 10.0. The summed E-state index contributed by atoms with van der Waals surface area (Å²) in [6, 6.07) is 2.26. The first-order valence-electron chi connectivity index (χ1n) is 5.01. The number of aliphatic hydroxyl groups is 1. The van der Waals surface area contributed by atoms with Gasteiger partial charge in [-0.15, -0.1) is 0 Å². The van der Waals surface area contributed by atoms with Gasteiger partial charge < -0.3 is 10.4 Å². The number of nitrogens with one attached hydrogen (secondary N) is 2. The molecule has 0 saturated heterocycles. The molecular weight excluding hydrogens is 178 g/mol. The van der Waals surface area contributed by atoms with Crippen molar-refractivity contribution in [1.29, 1.82) is 0 Å². The first kappa shape index (κ1) is 11.2. The Hall–Kier alpha value is -0.870. The maximum Gasteiger partial charge on any atom is 0.0587 e. The fourth-order valence-corrected chi connectivity index (χ4v) is 1.37. The minimum absolute atomic E-state index is 0.133. The van der Waals surface area contributed by atoms with E-state index in [0.717, 1.165) is 5.69 Å². The van der Waals surface area contributed by atoms with E-state index in [1.54, 1.807) is 6.20 Å². The molecule has 80 valence electrons. The molecule has 0 spiro atoms. The van der Waals surface area contributed by atoms with E-state index in [1.807, 2.05) is 6.07 Å². The smallest absolute Gasteiger partial charge is 0.0587 e. The van der Waals surface area contributed by atoms with E-state index < -0.39 is 0 Å². The maximum absolute atomic E-state index is 9.15. The van der Waals surface area contributed by atoms with Crippen LogP contribution in [0, 0.1) is 5.92 Å². The summed E-state index contributed by atoms with van der Waals surface area (Å²) in [6.45, 7) is 6.40. The van der Waals surface area contributed by atoms with Crippen LogP contribution in [0.15, 0.2) is 12.3 Å². The van der Waals surface area contributed by atoms with Gasteiger partial charge in [-0.25, -0.2) is 0 Å². The quantitative estimate of drug-likeness (QED) is 0.662. The second-order valence-corrected chi connectivity index (χ2v) is 3.93. The van der Waals surface area contributed by atoms with Gasteiger partial charge in [-0.05, 0) is 18.9 Å². The normalized spacial score (nSPS) is 15.8. The van der Waals surface area contributed by atoms with E-state index in [9.17, 15) is 0 Å². The van der Waals surface area contributed by atoms with Gasteiger partial charge >= 0.3 is 0 Å². The SMILES string of the molecule is CC(NC(CO)C(C)C)c1ccn[nH]1. The minimum atomic E-state index is 0.133. The van der Waals surface area contributed by atoms with Crippen molar-refractivity contribution in [3.63, 3.8) is 0 Å². The summed E-state index contributed by atoms with van der Waals surface area (Å²) in [6.07, 6.45) is 1.73. The van der Waals surface area contributed by atoms with Crippen molar-refractivity contribution in [1.82, 2.24) is 15.5 Å². The Morgan fingerprint density at radius 2 is 2.21 bits per heavy atom. The molecule has 0 fully saturated rings. The van der Waals surface area contributed by atoms with E-state index in [1.165, 1.54) is 0 Å². The van der Waals surface area contributed by atoms with Crippen molar-refractivity contribution >= 4 is 0 Å². The van der Waals surface area contributed by atoms with Crippen LogP contribution >= 0.6 is 0 Å². The zero-order valence-electron chi connectivity index (χ0n) is 8.99. The molecule has 0 radical (unpaired) electrons. The average molecular weight is 197 g/mol. The summed E-state index contributed by atoms with van der Waals surface area (Å²) >= 11 is 0. The van der Waals surface area contributed by atoms with Crippen LogP contribution in [-0.4, -0.2) is 28.0 Å². The third-order valence-corrected chi connectivity index (χ3v) is 2.45. The fourth-order valence-electron chi connectivity index (χ4n) is 1.37. The van der Waals surface area contributed by atoms with Gasteiger partial charge in [-0.3, -0.25) is 5.10 Å². The van der Waals surface area contributed by atoms with Crippen LogP contribution in [0.3, 0.4) is 0 Å². The number of nitrogens with zero attached hydrogens (tertiary/aromatic N) is 1. The molecule has 0 aliphatic heterocycles. The first-order chi connectivity index (χ1) is 6.65. The van der Waals surface area contributed by atoms with Gasteiger partial charge in [0.2, 0.25) is 0 Å². The number of rotatable bonds is 5. The van der Waals surface area contributed by atoms with Crippen molar-refractivity contribution in [2.45, 2.75) is 32.9 Å². The van der Waals surface area contributed by atoms with Crippen LogP contribution in [0.4, 0.5) is 0 Å². The predicted molar refractivity (Wildman–Crippen MR) is 55.9 cm³/mol. The summed E-state index contributed by atoms with van der Waals surface area (Å²) in [5.41, 5.74) is 1.05. The molecule has 1 aromatic heterocycles. The molecule has 1 rings (SSSR count). The Morgan fingerprint density at radius 3 is 2.64 bits per heavy atom. The second-order valence-electron chi connectivity index (χ2n) is 3.93. The van der Waals surface area contributed by atoms with Crippen molar-refractivity contribution < 1.29 is 5.11 Å². The van der Waals surface area contributed by atoms with Crippen LogP contribution in [0.5, 0.6) is 0 Å². The van der Waals surface area contributed by atoms with Crippen LogP contribution in [0.2, 0.25) is 0 Å². The lowest BCUT2D eigenvalue weighted by molar-refractivity contribution is 0.201. The van der Waals surface area contributed by atoms with Gasteiger partial charge in [0.1, 0.15) is 0 Å². The van der Waals surface area contributed by atoms with Crippen molar-refractivity contribution in [3.05, 3.63) is 18.0 Å². The van der Waals surface area contributed by atoms with E-state index >= 15 is 0 Å². The Morgan fingerprint density at radius 1 is 1.50 bits per heavy atom. The van der Waals surface area contributed by atoms with Crippen LogP contribution in [0.1, 0.15) is 32.5 Å². The van der Waals surface area contributed by atoms with Gasteiger partial charge in [-0.1, -0.05) is 13.8 Å². The predicted octanol–water partition coefficient (Wildman–Crippen LogP) is 1.08. The average Bonchev–Trinajstić information content (AvgIpc) is 2.65. The summed E-state index contributed by atoms with van der Waals surface area (Å²) in [5, 5.41) is 19.3. The van der Waals surface area contributed by atoms with Crippen LogP contribution < -0.4 is 5.32 Å². The zero-order chi connectivity index (χ0) is 10.6. The highest BCUT2D eigenvalue weighted by Gasteiger charge is 2.16. The largest absolute Gasteiger partial charge is 0.395 e. The molecule has 2 unspecified atom stereocenters. The highest BCUT2D eigenvalue weighted by Crippen LogP contribution is 2.11. The third kappa shape index (κ3) is 2.82. The molecule has 0 amide bonds. The van der Waals surface area contributed by atoms with Crippen molar-refractivity contribution in [3.8, 4) is 0 Å². The second kappa shape index (κ2) is 5.12. The van der Waals surface area contributed by atoms with Crippen LogP contribution in [0.25, 0.3) is 0 Å². The molecule has 3 N–H and O–H groups in total. The lowest BCUT2D eigenvalue weighted by Crippen LogP contribution is -2.38. The van der Waals surface area contributed by atoms with E-state index in [-0.39, 0.29) is 18.7 Å². The van der Waals surface area contributed by atoms with Crippen LogP contribution in [-0.2, 0) is 0 Å². The molecule has 4 heteroatoms. The number of aromatic nitrogens is 2. The Bertz CT molecular complexity index is 246. The number of aromatic amines is 1. The molecule has 1 aromatic rings. The molecule has 0 aromatic carbocycles.